The monoisotopic (exact) mass is 252 g/mol. The van der Waals surface area contributed by atoms with Crippen LogP contribution in [-0.2, 0) is 9.59 Å². The Balaban J connectivity index is 4.11. The molecule has 0 aromatic carbocycles. The average molecular weight is 252 g/mol. The summed E-state index contributed by atoms with van der Waals surface area (Å²) in [7, 11) is 0. The summed E-state index contributed by atoms with van der Waals surface area (Å²) < 4.78 is 0. The molecule has 0 atom stereocenters. The third kappa shape index (κ3) is 6.89. The van der Waals surface area contributed by atoms with E-state index in [1.54, 1.807) is 12.2 Å². The second-order valence-corrected chi connectivity index (χ2v) is 5.84. The van der Waals surface area contributed by atoms with E-state index in [2.05, 4.69) is 24.0 Å². The summed E-state index contributed by atoms with van der Waals surface area (Å²) in [6.07, 6.45) is 3.99. The van der Waals surface area contributed by atoms with Gasteiger partial charge in [0.2, 0.25) is 11.8 Å². The number of carbonyl (C=O) groups excluding carboxylic acids is 2. The fourth-order valence-electron chi connectivity index (χ4n) is 1.20. The minimum atomic E-state index is -0.283. The topological polar surface area (TPSA) is 58.2 Å². The molecule has 0 aliphatic rings. The zero-order valence-electron chi connectivity index (χ0n) is 11.8. The van der Waals surface area contributed by atoms with Gasteiger partial charge in [-0.15, -0.1) is 13.2 Å². The Bertz CT molecular complexity index is 310. The van der Waals surface area contributed by atoms with Crippen molar-refractivity contribution in [1.82, 2.24) is 10.9 Å². The number of hydrogen-bond acceptors (Lipinski definition) is 2. The Morgan fingerprint density at radius 1 is 0.889 bits per heavy atom. The lowest BCUT2D eigenvalue weighted by atomic mass is 9.89. The number of hydrogen-bond donors (Lipinski definition) is 2. The average Bonchev–Trinajstić information content (AvgIpc) is 2.25. The van der Waals surface area contributed by atoms with E-state index >= 15 is 0 Å². The van der Waals surface area contributed by atoms with Gasteiger partial charge < -0.3 is 0 Å². The molecule has 0 aromatic rings. The van der Waals surface area contributed by atoms with Crippen LogP contribution < -0.4 is 10.9 Å². The first kappa shape index (κ1) is 16.4. The Labute approximate surface area is 109 Å². The van der Waals surface area contributed by atoms with Gasteiger partial charge in [-0.25, -0.2) is 0 Å². The normalized spacial score (nSPS) is 11.6. The molecule has 18 heavy (non-hydrogen) atoms. The van der Waals surface area contributed by atoms with Crippen LogP contribution in [0.1, 0.15) is 40.5 Å². The quantitative estimate of drug-likeness (QED) is 0.563. The van der Waals surface area contributed by atoms with Crippen LogP contribution in [-0.4, -0.2) is 11.8 Å². The standard InChI is InChI=1S/C14H24N2O2/c1-7-13(3,4)9-11(17)15-16-12(18)10-14(5,6)8-2/h7-8H,1-2,9-10H2,3-6H3,(H,15,17)(H,16,18). The summed E-state index contributed by atoms with van der Waals surface area (Å²) in [6, 6.07) is 0. The van der Waals surface area contributed by atoms with Crippen molar-refractivity contribution in [3.63, 3.8) is 0 Å². The highest BCUT2D eigenvalue weighted by atomic mass is 16.2. The van der Waals surface area contributed by atoms with Gasteiger partial charge in [0.1, 0.15) is 0 Å². The van der Waals surface area contributed by atoms with Gasteiger partial charge in [-0.05, 0) is 10.8 Å². The van der Waals surface area contributed by atoms with Crippen molar-refractivity contribution in [3.05, 3.63) is 25.3 Å². The lowest BCUT2D eigenvalue weighted by Gasteiger charge is -2.21. The van der Waals surface area contributed by atoms with E-state index in [0.29, 0.717) is 0 Å². The molecule has 0 fully saturated rings. The van der Waals surface area contributed by atoms with Crippen molar-refractivity contribution in [2.24, 2.45) is 10.8 Å². The highest BCUT2D eigenvalue weighted by Gasteiger charge is 2.20. The molecule has 0 heterocycles. The Hall–Kier alpha value is -1.58. The molecule has 0 bridgehead atoms. The van der Waals surface area contributed by atoms with Crippen LogP contribution >= 0.6 is 0 Å². The molecule has 0 radical (unpaired) electrons. The van der Waals surface area contributed by atoms with Crippen molar-refractivity contribution < 1.29 is 9.59 Å². The number of nitrogens with one attached hydrogen (secondary N) is 2. The molecule has 0 rings (SSSR count). The molecule has 0 spiro atoms. The van der Waals surface area contributed by atoms with Crippen LogP contribution in [0.15, 0.2) is 25.3 Å². The summed E-state index contributed by atoms with van der Waals surface area (Å²) >= 11 is 0. The molecule has 0 unspecified atom stereocenters. The first-order valence-electron chi connectivity index (χ1n) is 5.97. The second kappa shape index (κ2) is 6.38. The lowest BCUT2D eigenvalue weighted by Crippen LogP contribution is -2.44. The van der Waals surface area contributed by atoms with E-state index in [4.69, 9.17) is 0 Å². The summed E-state index contributed by atoms with van der Waals surface area (Å²) in [4.78, 5) is 23.1. The fourth-order valence-corrected chi connectivity index (χ4v) is 1.20. The third-order valence-corrected chi connectivity index (χ3v) is 2.68. The van der Waals surface area contributed by atoms with Crippen LogP contribution in [0.4, 0.5) is 0 Å². The van der Waals surface area contributed by atoms with Crippen LogP contribution in [0.2, 0.25) is 0 Å². The molecule has 4 nitrogen and oxygen atoms in total. The van der Waals surface area contributed by atoms with Crippen LogP contribution in [0.25, 0.3) is 0 Å². The zero-order chi connectivity index (χ0) is 14.4. The Morgan fingerprint density at radius 2 is 1.17 bits per heavy atom. The van der Waals surface area contributed by atoms with Crippen molar-refractivity contribution in [2.75, 3.05) is 0 Å². The molecule has 2 N–H and O–H groups in total. The molecular formula is C14H24N2O2. The first-order chi connectivity index (χ1) is 8.12. The molecule has 0 aliphatic carbocycles. The maximum Gasteiger partial charge on any atom is 0.239 e. The fraction of sp³-hybridized carbons (Fsp3) is 0.571. The summed E-state index contributed by atoms with van der Waals surface area (Å²) in [5.41, 5.74) is 4.23. The van der Waals surface area contributed by atoms with Gasteiger partial charge in [0.15, 0.2) is 0 Å². The van der Waals surface area contributed by atoms with Crippen LogP contribution in [0, 0.1) is 10.8 Å². The van der Waals surface area contributed by atoms with Crippen molar-refractivity contribution >= 4 is 11.8 Å². The SMILES string of the molecule is C=CC(C)(C)CC(=O)NNC(=O)CC(C)(C)C=C. The highest BCUT2D eigenvalue weighted by Crippen LogP contribution is 2.21. The van der Waals surface area contributed by atoms with E-state index in [0.717, 1.165) is 0 Å². The number of rotatable bonds is 6. The van der Waals surface area contributed by atoms with Gasteiger partial charge >= 0.3 is 0 Å². The summed E-state index contributed by atoms with van der Waals surface area (Å²) in [6.45, 7) is 14.9. The van der Waals surface area contributed by atoms with Gasteiger partial charge in [0.05, 0.1) is 0 Å². The predicted octanol–water partition coefficient (Wildman–Crippen LogP) is 2.34. The van der Waals surface area contributed by atoms with E-state index in [-0.39, 0.29) is 35.5 Å². The number of hydrazine groups is 1. The molecule has 102 valence electrons. The predicted molar refractivity (Wildman–Crippen MR) is 73.5 cm³/mol. The van der Waals surface area contributed by atoms with E-state index in [1.165, 1.54) is 0 Å². The Kier molecular flexibility index (Phi) is 5.82. The molecule has 0 saturated carbocycles. The van der Waals surface area contributed by atoms with Crippen molar-refractivity contribution in [1.29, 1.82) is 0 Å². The molecule has 2 amide bonds. The highest BCUT2D eigenvalue weighted by molar-refractivity contribution is 5.82. The Morgan fingerprint density at radius 3 is 1.39 bits per heavy atom. The number of carbonyl (C=O) groups is 2. The van der Waals surface area contributed by atoms with Gasteiger partial charge in [0, 0.05) is 12.8 Å². The van der Waals surface area contributed by atoms with Crippen LogP contribution in [0.3, 0.4) is 0 Å². The summed E-state index contributed by atoms with van der Waals surface area (Å²) in [5.74, 6) is -0.464. The third-order valence-electron chi connectivity index (χ3n) is 2.68. The van der Waals surface area contributed by atoms with Gasteiger partial charge in [-0.3, -0.25) is 20.4 Å². The second-order valence-electron chi connectivity index (χ2n) is 5.84. The summed E-state index contributed by atoms with van der Waals surface area (Å²) in [5, 5.41) is 0. The largest absolute Gasteiger partial charge is 0.273 e. The minimum absolute atomic E-state index is 0.232. The smallest absolute Gasteiger partial charge is 0.239 e. The van der Waals surface area contributed by atoms with Gasteiger partial charge in [-0.2, -0.15) is 0 Å². The van der Waals surface area contributed by atoms with Crippen molar-refractivity contribution in [2.45, 2.75) is 40.5 Å². The maximum atomic E-state index is 11.6. The zero-order valence-corrected chi connectivity index (χ0v) is 11.8. The van der Waals surface area contributed by atoms with Gasteiger partial charge in [0.25, 0.3) is 0 Å². The molecule has 0 aliphatic heterocycles. The van der Waals surface area contributed by atoms with Crippen LogP contribution in [0.5, 0.6) is 0 Å². The lowest BCUT2D eigenvalue weighted by molar-refractivity contribution is -0.130. The molecule has 4 heteroatoms. The number of allylic oxidation sites excluding steroid dienone is 2. The molecule has 0 saturated heterocycles. The maximum absolute atomic E-state index is 11.6. The minimum Gasteiger partial charge on any atom is -0.273 e. The van der Waals surface area contributed by atoms with E-state index < -0.39 is 0 Å². The molecule has 0 aromatic heterocycles. The van der Waals surface area contributed by atoms with E-state index in [9.17, 15) is 9.59 Å². The van der Waals surface area contributed by atoms with Crippen molar-refractivity contribution in [3.8, 4) is 0 Å². The number of amides is 2. The molecular weight excluding hydrogens is 228 g/mol. The first-order valence-corrected chi connectivity index (χ1v) is 5.97. The van der Waals surface area contributed by atoms with Gasteiger partial charge in [-0.1, -0.05) is 39.8 Å². The van der Waals surface area contributed by atoms with E-state index in [1.807, 2.05) is 27.7 Å².